The van der Waals surface area contributed by atoms with Gasteiger partial charge in [0, 0.05) is 23.3 Å². The van der Waals surface area contributed by atoms with E-state index in [9.17, 15) is 4.79 Å². The number of hydrogen-bond donors (Lipinski definition) is 2. The summed E-state index contributed by atoms with van der Waals surface area (Å²) in [5.74, 6) is -0.113. The monoisotopic (exact) mass is 303 g/mol. The zero-order valence-electron chi connectivity index (χ0n) is 6.81. The van der Waals surface area contributed by atoms with Crippen molar-refractivity contribution in [2.75, 3.05) is 5.73 Å². The Labute approximate surface area is 102 Å². The van der Waals surface area contributed by atoms with Crippen molar-refractivity contribution in [3.8, 4) is 0 Å². The molecule has 0 saturated heterocycles. The fourth-order valence-corrected chi connectivity index (χ4v) is 0.551. The molecule has 4 N–H and O–H groups in total. The first-order chi connectivity index (χ1) is 6.11. The van der Waals surface area contributed by atoms with Crippen molar-refractivity contribution in [2.24, 2.45) is 5.73 Å². The Balaban J connectivity index is 0. The zero-order valence-corrected chi connectivity index (χ0v) is 10.0. The van der Waals surface area contributed by atoms with E-state index in [2.05, 4.69) is 32.6 Å². The average Bonchev–Trinajstić information content (AvgIpc) is 2.06. The third-order valence-corrected chi connectivity index (χ3v) is 1.07. The Hall–Kier alpha value is -0.521. The molecule has 0 fully saturated rings. The molecule has 0 aromatic carbocycles. The predicted octanol–water partition coefficient (Wildman–Crippen LogP) is 0.693. The van der Waals surface area contributed by atoms with Crippen molar-refractivity contribution in [3.05, 3.63) is 23.9 Å². The summed E-state index contributed by atoms with van der Waals surface area (Å²) >= 11 is 8.53. The van der Waals surface area contributed by atoms with Crippen LogP contribution in [-0.4, -0.2) is 28.0 Å². The number of rotatable bonds is 1. The number of hydrogen-bond acceptors (Lipinski definition) is 4. The second-order valence-corrected chi connectivity index (χ2v) is 2.36. The normalized spacial score (nSPS) is 7.86. The summed E-state index contributed by atoms with van der Waals surface area (Å²) in [6.45, 7) is 0. The number of halogens is 2. The van der Waals surface area contributed by atoms with Crippen LogP contribution in [0.2, 0.25) is 0 Å². The van der Waals surface area contributed by atoms with Gasteiger partial charge in [-0.15, -0.1) is 0 Å². The molecule has 1 amide bonds. The summed E-state index contributed by atoms with van der Waals surface area (Å²) in [5, 5.41) is 0. The van der Waals surface area contributed by atoms with Gasteiger partial charge >= 0.3 is 0 Å². The second kappa shape index (κ2) is 9.05. The first-order valence-corrected chi connectivity index (χ1v) is 3.64. The van der Waals surface area contributed by atoms with Gasteiger partial charge in [0.1, 0.15) is 5.82 Å². The van der Waals surface area contributed by atoms with E-state index in [-0.39, 0.29) is 17.1 Å². The number of nitrogens with two attached hydrogens (primary N) is 2. The number of carbonyl (C=O) groups excluding carboxylic acids is 1. The van der Waals surface area contributed by atoms with Gasteiger partial charge in [0.25, 0.3) is 0 Å². The Morgan fingerprint density at radius 1 is 1.43 bits per heavy atom. The molecule has 2 radical (unpaired) electrons. The van der Waals surface area contributed by atoms with E-state index in [4.69, 9.17) is 11.5 Å². The van der Waals surface area contributed by atoms with Gasteiger partial charge in [-0.2, -0.15) is 3.84 Å². The topological polar surface area (TPSA) is 91.2 Å². The largest absolute Gasteiger partial charge is 0.384 e. The van der Waals surface area contributed by atoms with E-state index in [0.29, 0.717) is 11.4 Å². The Bertz CT molecular complexity index is 270. The molecule has 5 nitrogen and oxygen atoms in total. The van der Waals surface area contributed by atoms with Crippen molar-refractivity contribution in [3.63, 3.8) is 0 Å². The summed E-state index contributed by atoms with van der Waals surface area (Å²) in [5.41, 5.74) is 10.6. The number of pyridine rings is 1. The van der Waals surface area contributed by atoms with Gasteiger partial charge in [-0.25, -0.2) is 4.98 Å². The van der Waals surface area contributed by atoms with Crippen LogP contribution in [0.25, 0.3) is 0 Å². The molecule has 0 bridgehead atoms. The van der Waals surface area contributed by atoms with Gasteiger partial charge in [0.15, 0.2) is 0 Å². The quantitative estimate of drug-likeness (QED) is 0.747. The molecule has 14 heavy (non-hydrogen) atoms. The Morgan fingerprint density at radius 3 is 2.21 bits per heavy atom. The van der Waals surface area contributed by atoms with Crippen LogP contribution in [0.5, 0.6) is 0 Å². The van der Waals surface area contributed by atoms with Gasteiger partial charge < -0.3 is 11.5 Å². The van der Waals surface area contributed by atoms with Crippen LogP contribution in [0.15, 0.2) is 18.3 Å². The second-order valence-electron chi connectivity index (χ2n) is 1.89. The fraction of sp³-hybridized carbons (Fsp3) is 0. The van der Waals surface area contributed by atoms with Crippen LogP contribution < -0.4 is 11.5 Å². The van der Waals surface area contributed by atoms with Crippen molar-refractivity contribution in [2.45, 2.75) is 0 Å². The van der Waals surface area contributed by atoms with E-state index in [1.54, 1.807) is 0 Å². The summed E-state index contributed by atoms with van der Waals surface area (Å²) in [4.78, 5) is 14.1. The summed E-state index contributed by atoms with van der Waals surface area (Å²) in [6.07, 6.45) is 1.34. The van der Waals surface area contributed by atoms with Crippen LogP contribution in [0.4, 0.5) is 5.82 Å². The van der Waals surface area contributed by atoms with Crippen molar-refractivity contribution in [1.29, 1.82) is 0 Å². The first-order valence-electron chi connectivity index (χ1n) is 3.02. The Morgan fingerprint density at radius 2 is 1.93 bits per heavy atom. The van der Waals surface area contributed by atoms with Crippen molar-refractivity contribution >= 4 is 52.5 Å². The summed E-state index contributed by atoms with van der Waals surface area (Å²) in [7, 11) is 0. The number of nitrogen functional groups attached to an aromatic ring is 1. The molecule has 0 aliphatic heterocycles. The third-order valence-electron chi connectivity index (χ3n) is 1.07. The fourth-order valence-electron chi connectivity index (χ4n) is 0.551. The van der Waals surface area contributed by atoms with Crippen LogP contribution >= 0.6 is 23.7 Å². The molecule has 8 heteroatoms. The molecular weight excluding hydrogens is 296 g/mol. The smallest absolute Gasteiger partial charge is 0.250 e. The van der Waals surface area contributed by atoms with Gasteiger partial charge in [0.2, 0.25) is 5.91 Å². The number of anilines is 1. The molecule has 1 heterocycles. The van der Waals surface area contributed by atoms with E-state index >= 15 is 0 Å². The molecule has 0 saturated carbocycles. The number of aromatic nitrogens is 1. The minimum Gasteiger partial charge on any atom is -0.384 e. The van der Waals surface area contributed by atoms with E-state index in [0.717, 1.165) is 0 Å². The molecule has 0 spiro atoms. The SMILES string of the molecule is ClOCl.NC(=O)c1ccc(N)nc1.[Se]. The summed E-state index contributed by atoms with van der Waals surface area (Å²) < 4.78 is 3.19. The molecule has 0 aliphatic carbocycles. The van der Waals surface area contributed by atoms with E-state index in [1.807, 2.05) is 0 Å². The van der Waals surface area contributed by atoms with Crippen LogP contribution in [0.1, 0.15) is 10.4 Å². The van der Waals surface area contributed by atoms with Gasteiger partial charge in [-0.05, 0) is 12.1 Å². The molecule has 78 valence electrons. The molecule has 0 unspecified atom stereocenters. The standard InChI is InChI=1S/C6H7N3O.Cl2O.Se/c7-5-2-1-4(3-9-5)6(8)10;1-3-2;/h1-3H,(H2,7,9)(H2,8,10);;. The maximum absolute atomic E-state index is 10.5. The van der Waals surface area contributed by atoms with E-state index < -0.39 is 5.91 Å². The number of nitrogens with zero attached hydrogens (tertiary/aromatic N) is 1. The van der Waals surface area contributed by atoms with Crippen molar-refractivity contribution in [1.82, 2.24) is 4.98 Å². The van der Waals surface area contributed by atoms with Crippen LogP contribution in [0.3, 0.4) is 0 Å². The predicted molar refractivity (Wildman–Crippen MR) is 55.7 cm³/mol. The van der Waals surface area contributed by atoms with Gasteiger partial charge in [0.05, 0.1) is 29.3 Å². The first kappa shape index (κ1) is 15.9. The Kier molecular flexibility index (Phi) is 10.3. The van der Waals surface area contributed by atoms with Crippen LogP contribution in [0, 0.1) is 0 Å². The number of carbonyl (C=O) groups is 1. The molecule has 1 aromatic heterocycles. The van der Waals surface area contributed by atoms with Gasteiger partial charge in [-0.1, -0.05) is 0 Å². The number of amides is 1. The third kappa shape index (κ3) is 6.94. The minimum atomic E-state index is -0.493. The maximum Gasteiger partial charge on any atom is 0.250 e. The maximum atomic E-state index is 10.5. The van der Waals surface area contributed by atoms with Gasteiger partial charge in [-0.3, -0.25) is 4.79 Å². The molecule has 0 aliphatic rings. The molecular formula is C6H7Cl2N3O2Se. The zero-order chi connectivity index (χ0) is 10.3. The van der Waals surface area contributed by atoms with Crippen molar-refractivity contribution < 1.29 is 8.64 Å². The minimum absolute atomic E-state index is 0. The summed E-state index contributed by atoms with van der Waals surface area (Å²) in [6, 6.07) is 3.06. The van der Waals surface area contributed by atoms with Crippen LogP contribution in [-0.2, 0) is 3.84 Å². The average molecular weight is 303 g/mol. The van der Waals surface area contributed by atoms with E-state index in [1.165, 1.54) is 18.3 Å². The number of primary amides is 1. The molecule has 0 atom stereocenters. The molecule has 1 rings (SSSR count). The molecule has 1 aromatic rings.